The second-order valence-electron chi connectivity index (χ2n) is 8.93. The Morgan fingerprint density at radius 3 is 2.22 bits per heavy atom. The summed E-state index contributed by atoms with van der Waals surface area (Å²) in [6.07, 6.45) is -8.63. The van der Waals surface area contributed by atoms with E-state index in [0.717, 1.165) is 25.1 Å². The SMILES string of the molecule is O=C(NCC(CCN1CCC(CO)C1)c1ccc(Cl)c(Cl)c1)Nc1cc(C(F)(F)F)cc(C(F)(F)F)c1. The summed E-state index contributed by atoms with van der Waals surface area (Å²) in [5.41, 5.74) is -2.94. The molecule has 37 heavy (non-hydrogen) atoms. The summed E-state index contributed by atoms with van der Waals surface area (Å²) in [6.45, 7) is 2.32. The van der Waals surface area contributed by atoms with Gasteiger partial charge in [0.2, 0.25) is 0 Å². The van der Waals surface area contributed by atoms with Gasteiger partial charge in [0.05, 0.1) is 21.2 Å². The molecule has 5 nitrogen and oxygen atoms in total. The van der Waals surface area contributed by atoms with Crippen molar-refractivity contribution in [3.63, 3.8) is 0 Å². The first kappa shape index (κ1) is 29.3. The van der Waals surface area contributed by atoms with Crippen LogP contribution in [0.1, 0.15) is 35.4 Å². The highest BCUT2D eigenvalue weighted by Crippen LogP contribution is 2.37. The molecule has 1 fully saturated rings. The van der Waals surface area contributed by atoms with Gasteiger partial charge in [-0.2, -0.15) is 26.3 Å². The van der Waals surface area contributed by atoms with Crippen LogP contribution >= 0.6 is 23.2 Å². The van der Waals surface area contributed by atoms with E-state index in [1.54, 1.807) is 18.2 Å². The van der Waals surface area contributed by atoms with Gasteiger partial charge in [-0.15, -0.1) is 0 Å². The van der Waals surface area contributed by atoms with Gasteiger partial charge in [0, 0.05) is 31.3 Å². The van der Waals surface area contributed by atoms with E-state index in [4.69, 9.17) is 23.2 Å². The highest BCUT2D eigenvalue weighted by Gasteiger charge is 2.37. The van der Waals surface area contributed by atoms with Crippen molar-refractivity contribution in [1.82, 2.24) is 10.2 Å². The van der Waals surface area contributed by atoms with E-state index >= 15 is 0 Å². The van der Waals surface area contributed by atoms with E-state index in [0.29, 0.717) is 35.1 Å². The van der Waals surface area contributed by atoms with Crippen molar-refractivity contribution in [3.8, 4) is 0 Å². The van der Waals surface area contributed by atoms with E-state index in [1.165, 1.54) is 0 Å². The molecule has 1 heterocycles. The maximum absolute atomic E-state index is 13.1. The number of rotatable bonds is 8. The predicted molar refractivity (Wildman–Crippen MR) is 129 cm³/mol. The van der Waals surface area contributed by atoms with Gasteiger partial charge in [-0.3, -0.25) is 0 Å². The molecule has 0 aliphatic carbocycles. The van der Waals surface area contributed by atoms with Crippen molar-refractivity contribution in [2.45, 2.75) is 31.1 Å². The molecule has 1 saturated heterocycles. The molecule has 2 atom stereocenters. The van der Waals surface area contributed by atoms with E-state index < -0.39 is 35.2 Å². The van der Waals surface area contributed by atoms with Gasteiger partial charge >= 0.3 is 18.4 Å². The Morgan fingerprint density at radius 1 is 1.03 bits per heavy atom. The van der Waals surface area contributed by atoms with Crippen molar-refractivity contribution >= 4 is 34.9 Å². The average Bonchev–Trinajstić information content (AvgIpc) is 3.28. The third kappa shape index (κ3) is 8.39. The van der Waals surface area contributed by atoms with Gasteiger partial charge in [-0.25, -0.2) is 4.79 Å². The molecule has 0 radical (unpaired) electrons. The van der Waals surface area contributed by atoms with Crippen LogP contribution in [0.2, 0.25) is 10.0 Å². The first-order valence-corrected chi connectivity index (χ1v) is 12.1. The number of benzene rings is 2. The molecule has 3 rings (SSSR count). The first-order chi connectivity index (χ1) is 17.3. The van der Waals surface area contributed by atoms with Crippen molar-refractivity contribution in [3.05, 3.63) is 63.1 Å². The molecule has 2 amide bonds. The molecule has 1 aliphatic heterocycles. The number of alkyl halides is 6. The fourth-order valence-corrected chi connectivity index (χ4v) is 4.48. The van der Waals surface area contributed by atoms with Crippen molar-refractivity contribution in [2.75, 3.05) is 38.1 Å². The van der Waals surface area contributed by atoms with Crippen molar-refractivity contribution in [1.29, 1.82) is 0 Å². The Bertz CT molecular complexity index is 1060. The molecule has 0 bridgehead atoms. The van der Waals surface area contributed by atoms with Crippen LogP contribution in [0.5, 0.6) is 0 Å². The number of nitrogens with one attached hydrogen (secondary N) is 2. The normalized spacial score (nSPS) is 17.6. The predicted octanol–water partition coefficient (Wildman–Crippen LogP) is 6.64. The molecule has 204 valence electrons. The summed E-state index contributed by atoms with van der Waals surface area (Å²) < 4.78 is 78.6. The van der Waals surface area contributed by atoms with Gasteiger partial charge in [0.25, 0.3) is 0 Å². The number of halogens is 8. The Balaban J connectivity index is 1.71. The second kappa shape index (κ2) is 12.1. The molecular formula is C24H25Cl2F6N3O2. The van der Waals surface area contributed by atoms with Crippen molar-refractivity contribution < 1.29 is 36.2 Å². The molecule has 2 unspecified atom stereocenters. The minimum atomic E-state index is -5.03. The Kier molecular flexibility index (Phi) is 9.60. The van der Waals surface area contributed by atoms with Crippen LogP contribution in [0.25, 0.3) is 0 Å². The van der Waals surface area contributed by atoms with Gasteiger partial charge in [0.15, 0.2) is 0 Å². The highest BCUT2D eigenvalue weighted by molar-refractivity contribution is 6.42. The number of aliphatic hydroxyl groups excluding tert-OH is 1. The third-order valence-corrected chi connectivity index (χ3v) is 6.93. The second-order valence-corrected chi connectivity index (χ2v) is 9.74. The summed E-state index contributed by atoms with van der Waals surface area (Å²) >= 11 is 12.1. The number of amides is 2. The number of carbonyl (C=O) groups is 1. The Morgan fingerprint density at radius 2 is 1.68 bits per heavy atom. The molecule has 2 aromatic carbocycles. The van der Waals surface area contributed by atoms with E-state index in [9.17, 15) is 36.2 Å². The molecule has 2 aromatic rings. The molecule has 3 N–H and O–H groups in total. The maximum atomic E-state index is 13.1. The zero-order valence-electron chi connectivity index (χ0n) is 19.4. The highest BCUT2D eigenvalue weighted by atomic mass is 35.5. The van der Waals surface area contributed by atoms with Gasteiger partial charge in [-0.1, -0.05) is 29.3 Å². The number of carbonyl (C=O) groups excluding carboxylic acids is 1. The first-order valence-electron chi connectivity index (χ1n) is 11.4. The Labute approximate surface area is 219 Å². The van der Waals surface area contributed by atoms with Crippen LogP contribution in [0.15, 0.2) is 36.4 Å². The summed E-state index contributed by atoms with van der Waals surface area (Å²) in [5.74, 6) is -0.0812. The van der Waals surface area contributed by atoms with Crippen LogP contribution in [0.3, 0.4) is 0 Å². The Hall–Kier alpha value is -2.21. The van der Waals surface area contributed by atoms with E-state index in [2.05, 4.69) is 15.5 Å². The number of aliphatic hydroxyl groups is 1. The molecule has 0 saturated carbocycles. The zero-order chi connectivity index (χ0) is 27.4. The largest absolute Gasteiger partial charge is 0.416 e. The summed E-state index contributed by atoms with van der Waals surface area (Å²) in [5, 5.41) is 14.6. The number of hydrogen-bond donors (Lipinski definition) is 3. The smallest absolute Gasteiger partial charge is 0.396 e. The molecule has 13 heteroatoms. The van der Waals surface area contributed by atoms with Crippen LogP contribution < -0.4 is 10.6 Å². The minimum absolute atomic E-state index is 0.0108. The minimum Gasteiger partial charge on any atom is -0.396 e. The zero-order valence-corrected chi connectivity index (χ0v) is 20.9. The van der Waals surface area contributed by atoms with Gasteiger partial charge < -0.3 is 20.6 Å². The number of nitrogens with zero attached hydrogens (tertiary/aromatic N) is 1. The molecule has 0 aromatic heterocycles. The van der Waals surface area contributed by atoms with Crippen molar-refractivity contribution in [2.24, 2.45) is 5.92 Å². The number of anilines is 1. The lowest BCUT2D eigenvalue weighted by molar-refractivity contribution is -0.143. The fourth-order valence-electron chi connectivity index (χ4n) is 4.17. The fraction of sp³-hybridized carbons (Fsp3) is 0.458. The molecule has 0 spiro atoms. The number of urea groups is 1. The van der Waals surface area contributed by atoms with Crippen LogP contribution in [0.4, 0.5) is 36.8 Å². The van der Waals surface area contributed by atoms with Gasteiger partial charge in [0.1, 0.15) is 0 Å². The average molecular weight is 572 g/mol. The summed E-state index contributed by atoms with van der Waals surface area (Å²) in [7, 11) is 0. The maximum Gasteiger partial charge on any atom is 0.416 e. The monoisotopic (exact) mass is 571 g/mol. The lowest BCUT2D eigenvalue weighted by Gasteiger charge is -2.23. The topological polar surface area (TPSA) is 64.6 Å². The lowest BCUT2D eigenvalue weighted by Crippen LogP contribution is -2.34. The lowest BCUT2D eigenvalue weighted by atomic mass is 9.95. The standard InChI is InChI=1S/C24H25Cl2F6N3O2/c25-20-2-1-15(7-21(20)26)16(4-6-35-5-3-14(12-35)13-36)11-33-22(37)34-19-9-17(23(27,28)29)8-18(10-19)24(30,31)32/h1-2,7-10,14,16,36H,3-6,11-13H2,(H2,33,34,37). The quantitative estimate of drug-likeness (QED) is 0.311. The summed E-state index contributed by atoms with van der Waals surface area (Å²) in [6, 6.07) is 4.90. The van der Waals surface area contributed by atoms with Crippen LogP contribution in [-0.2, 0) is 12.4 Å². The van der Waals surface area contributed by atoms with Crippen LogP contribution in [-0.4, -0.2) is 48.8 Å². The van der Waals surface area contributed by atoms with Gasteiger partial charge in [-0.05, 0) is 67.7 Å². The van der Waals surface area contributed by atoms with E-state index in [1.807, 2.05) is 0 Å². The molecular weight excluding hydrogens is 547 g/mol. The third-order valence-electron chi connectivity index (χ3n) is 6.19. The molecule has 1 aliphatic rings. The number of likely N-dealkylation sites (tertiary alicyclic amines) is 1. The van der Waals surface area contributed by atoms with E-state index in [-0.39, 0.29) is 31.1 Å². The number of hydrogen-bond acceptors (Lipinski definition) is 3. The van der Waals surface area contributed by atoms with Crippen LogP contribution in [0, 0.1) is 5.92 Å². The summed E-state index contributed by atoms with van der Waals surface area (Å²) in [4.78, 5) is 14.6.